The summed E-state index contributed by atoms with van der Waals surface area (Å²) in [6.07, 6.45) is -1.57. The SMILES string of the molecule is [2H][C@@H](c1ccc(O)c(O)c1)[C@@]([2H])(N)C(=O)O. The van der Waals surface area contributed by atoms with Crippen molar-refractivity contribution in [2.45, 2.75) is 12.4 Å². The number of phenols is 2. The molecule has 0 spiro atoms. The summed E-state index contributed by atoms with van der Waals surface area (Å²) in [7, 11) is 0. The molecule has 0 unspecified atom stereocenters. The summed E-state index contributed by atoms with van der Waals surface area (Å²) in [6, 6.07) is 0.825. The smallest absolute Gasteiger partial charge is 0.320 e. The van der Waals surface area contributed by atoms with Gasteiger partial charge in [-0.05, 0) is 24.1 Å². The first-order valence-electron chi connectivity index (χ1n) is 4.81. The molecule has 0 bridgehead atoms. The number of carboxylic acid groups (broad SMARTS) is 1. The Hall–Kier alpha value is -1.75. The molecule has 1 aromatic rings. The highest BCUT2D eigenvalue weighted by atomic mass is 16.4. The summed E-state index contributed by atoms with van der Waals surface area (Å²) in [5.41, 5.74) is 5.20. The van der Waals surface area contributed by atoms with Crippen LogP contribution in [0, 0.1) is 0 Å². The summed E-state index contributed by atoms with van der Waals surface area (Å²) in [6.45, 7) is 0. The molecule has 2 atom stereocenters. The van der Waals surface area contributed by atoms with Crippen LogP contribution in [0.15, 0.2) is 18.2 Å². The molecule has 0 saturated carbocycles. The Labute approximate surface area is 83.2 Å². The zero-order valence-corrected chi connectivity index (χ0v) is 7.14. The van der Waals surface area contributed by atoms with Crippen molar-refractivity contribution >= 4 is 5.97 Å². The molecule has 76 valence electrons. The molecule has 5 heteroatoms. The normalized spacial score (nSPS) is 18.9. The maximum atomic E-state index is 10.6. The highest BCUT2D eigenvalue weighted by molar-refractivity contribution is 5.73. The summed E-state index contributed by atoms with van der Waals surface area (Å²) in [5, 5.41) is 26.9. The third-order valence-corrected chi connectivity index (χ3v) is 1.57. The molecule has 0 amide bonds. The van der Waals surface area contributed by atoms with Gasteiger partial charge < -0.3 is 21.1 Å². The molecule has 0 heterocycles. The van der Waals surface area contributed by atoms with Crippen molar-refractivity contribution in [3.8, 4) is 11.5 Å². The number of phenolic OH excluding ortho intramolecular Hbond substituents is 2. The van der Waals surface area contributed by atoms with E-state index in [0.717, 1.165) is 12.1 Å². The molecule has 5 N–H and O–H groups in total. The second-order valence-electron chi connectivity index (χ2n) is 2.65. The number of benzene rings is 1. The van der Waals surface area contributed by atoms with Crippen LogP contribution in [0.5, 0.6) is 11.5 Å². The Morgan fingerprint density at radius 3 is 2.71 bits per heavy atom. The number of aromatic hydroxyl groups is 2. The fourth-order valence-electron chi connectivity index (χ4n) is 0.872. The van der Waals surface area contributed by atoms with Gasteiger partial charge in [-0.15, -0.1) is 0 Å². The molecule has 5 nitrogen and oxygen atoms in total. The van der Waals surface area contributed by atoms with Gasteiger partial charge in [0.05, 0.1) is 1.37 Å². The van der Waals surface area contributed by atoms with Crippen LogP contribution in [0.2, 0.25) is 0 Å². The van der Waals surface area contributed by atoms with Crippen molar-refractivity contribution < 1.29 is 22.9 Å². The molecular formula is C9H11NO4. The summed E-state index contributed by atoms with van der Waals surface area (Å²) < 4.78 is 14.8. The van der Waals surface area contributed by atoms with E-state index in [-0.39, 0.29) is 11.3 Å². The van der Waals surface area contributed by atoms with E-state index in [0.29, 0.717) is 0 Å². The van der Waals surface area contributed by atoms with Gasteiger partial charge in [-0.1, -0.05) is 6.07 Å². The number of hydrogen-bond acceptors (Lipinski definition) is 4. The number of hydrogen-bond donors (Lipinski definition) is 4. The third kappa shape index (κ3) is 2.37. The number of carbonyl (C=O) groups is 1. The average molecular weight is 199 g/mol. The molecule has 0 aliphatic carbocycles. The Kier molecular flexibility index (Phi) is 2.17. The maximum Gasteiger partial charge on any atom is 0.320 e. The van der Waals surface area contributed by atoms with Gasteiger partial charge in [0.25, 0.3) is 0 Å². The molecule has 0 saturated heterocycles. The van der Waals surface area contributed by atoms with E-state index >= 15 is 0 Å². The van der Waals surface area contributed by atoms with E-state index < -0.39 is 24.1 Å². The summed E-state index contributed by atoms with van der Waals surface area (Å²) in [5.74, 6) is -2.52. The molecule has 1 aromatic carbocycles. The lowest BCUT2D eigenvalue weighted by atomic mass is 10.1. The van der Waals surface area contributed by atoms with Crippen molar-refractivity contribution in [2.75, 3.05) is 0 Å². The van der Waals surface area contributed by atoms with E-state index in [1.165, 1.54) is 6.07 Å². The van der Waals surface area contributed by atoms with Crippen LogP contribution >= 0.6 is 0 Å². The van der Waals surface area contributed by atoms with E-state index in [4.69, 9.17) is 18.7 Å². The lowest BCUT2D eigenvalue weighted by Crippen LogP contribution is -2.32. The van der Waals surface area contributed by atoms with E-state index in [1.54, 1.807) is 0 Å². The van der Waals surface area contributed by atoms with Crippen molar-refractivity contribution in [1.29, 1.82) is 0 Å². The minimum atomic E-state index is -2.51. The molecule has 0 aromatic heterocycles. The van der Waals surface area contributed by atoms with Gasteiger partial charge in [-0.25, -0.2) is 0 Å². The van der Waals surface area contributed by atoms with Crippen LogP contribution in [0.4, 0.5) is 0 Å². The minimum Gasteiger partial charge on any atom is -0.504 e. The standard InChI is InChI=1S/C9H11NO4/c10-6(9(13)14)3-5-1-2-7(11)8(12)4-5/h1-2,4,6,11-12H,3,10H2,(H,13,14)/t6-/m1/s1/i3D,6D/t3-,6+/m0. The zero-order valence-electron chi connectivity index (χ0n) is 9.14. The number of rotatable bonds is 3. The van der Waals surface area contributed by atoms with Gasteiger partial charge in [-0.3, -0.25) is 4.79 Å². The van der Waals surface area contributed by atoms with Gasteiger partial charge in [0.15, 0.2) is 11.5 Å². The number of carboxylic acids is 1. The highest BCUT2D eigenvalue weighted by Crippen LogP contribution is 2.25. The van der Waals surface area contributed by atoms with E-state index in [2.05, 4.69) is 0 Å². The first kappa shape index (κ1) is 7.64. The molecule has 0 radical (unpaired) electrons. The van der Waals surface area contributed by atoms with Crippen LogP contribution in [0.1, 0.15) is 8.30 Å². The topological polar surface area (TPSA) is 104 Å². The summed E-state index contributed by atoms with van der Waals surface area (Å²) in [4.78, 5) is 10.6. The Bertz CT molecular complexity index is 422. The minimum absolute atomic E-state index is 0.0372. The summed E-state index contributed by atoms with van der Waals surface area (Å²) >= 11 is 0. The number of nitrogens with two attached hydrogens (primary N) is 1. The van der Waals surface area contributed by atoms with Crippen LogP contribution < -0.4 is 5.73 Å². The van der Waals surface area contributed by atoms with Gasteiger partial charge in [0.2, 0.25) is 0 Å². The fraction of sp³-hybridized carbons (Fsp3) is 0.222. The second kappa shape index (κ2) is 3.97. The predicted molar refractivity (Wildman–Crippen MR) is 49.1 cm³/mol. The Morgan fingerprint density at radius 2 is 2.21 bits per heavy atom. The van der Waals surface area contributed by atoms with Gasteiger partial charge >= 0.3 is 5.97 Å². The van der Waals surface area contributed by atoms with Crippen LogP contribution in [-0.2, 0) is 11.2 Å². The van der Waals surface area contributed by atoms with Crippen molar-refractivity contribution in [2.24, 2.45) is 5.73 Å². The predicted octanol–water partition coefficient (Wildman–Crippen LogP) is 0.0522. The zero-order chi connectivity index (χ0) is 12.5. The molecule has 1 rings (SSSR count). The second-order valence-corrected chi connectivity index (χ2v) is 2.65. The van der Waals surface area contributed by atoms with Crippen LogP contribution in [0.25, 0.3) is 0 Å². The molecular weight excluding hydrogens is 186 g/mol. The molecule has 0 aliphatic rings. The fourth-order valence-corrected chi connectivity index (χ4v) is 0.872. The molecule has 0 fully saturated rings. The van der Waals surface area contributed by atoms with Crippen molar-refractivity contribution in [1.82, 2.24) is 0 Å². The number of aliphatic carboxylic acids is 1. The lowest BCUT2D eigenvalue weighted by molar-refractivity contribution is -0.138. The van der Waals surface area contributed by atoms with E-state index in [1.807, 2.05) is 0 Å². The van der Waals surface area contributed by atoms with E-state index in [9.17, 15) is 9.90 Å². The monoisotopic (exact) mass is 199 g/mol. The lowest BCUT2D eigenvalue weighted by Gasteiger charge is -2.06. The maximum absolute atomic E-state index is 10.6. The first-order valence-corrected chi connectivity index (χ1v) is 3.73. The van der Waals surface area contributed by atoms with Crippen LogP contribution in [-0.4, -0.2) is 27.3 Å². The average Bonchev–Trinajstić information content (AvgIpc) is 2.20. The first-order chi connectivity index (χ1) is 7.26. The third-order valence-electron chi connectivity index (χ3n) is 1.57. The van der Waals surface area contributed by atoms with Gasteiger partial charge in [-0.2, -0.15) is 0 Å². The Morgan fingerprint density at radius 1 is 1.57 bits per heavy atom. The quantitative estimate of drug-likeness (QED) is 0.515. The van der Waals surface area contributed by atoms with Gasteiger partial charge in [0.1, 0.15) is 6.02 Å². The largest absolute Gasteiger partial charge is 0.504 e. The molecule has 14 heavy (non-hydrogen) atoms. The Balaban J connectivity index is 3.10. The van der Waals surface area contributed by atoms with Crippen molar-refractivity contribution in [3.05, 3.63) is 23.8 Å². The highest BCUT2D eigenvalue weighted by Gasteiger charge is 2.12. The van der Waals surface area contributed by atoms with Gasteiger partial charge in [0, 0.05) is 1.37 Å². The molecule has 0 aliphatic heterocycles. The van der Waals surface area contributed by atoms with Crippen molar-refractivity contribution in [3.63, 3.8) is 0 Å². The van der Waals surface area contributed by atoms with Crippen LogP contribution in [0.3, 0.4) is 0 Å².